The van der Waals surface area contributed by atoms with Gasteiger partial charge in [-0.3, -0.25) is 4.79 Å². The summed E-state index contributed by atoms with van der Waals surface area (Å²) in [5.74, 6) is 2.09. The van der Waals surface area contributed by atoms with Gasteiger partial charge in [-0.15, -0.1) is 0 Å². The first-order valence-electron chi connectivity index (χ1n) is 10.5. The Kier molecular flexibility index (Phi) is 10.4. The molecule has 1 aromatic carbocycles. The lowest BCUT2D eigenvalue weighted by Crippen LogP contribution is -2.42. The fraction of sp³-hybridized carbons (Fsp3) is 0.636. The number of hydrogen-bond acceptors (Lipinski definition) is 5. The molecule has 0 saturated carbocycles. The summed E-state index contributed by atoms with van der Waals surface area (Å²) in [5.41, 5.74) is 1.22. The van der Waals surface area contributed by atoms with E-state index in [2.05, 4.69) is 27.3 Å². The number of ether oxygens (including phenoxy) is 3. The monoisotopic (exact) mass is 420 g/mol. The van der Waals surface area contributed by atoms with Gasteiger partial charge in [-0.25, -0.2) is 4.99 Å². The summed E-state index contributed by atoms with van der Waals surface area (Å²) in [5, 5.41) is 3.44. The number of carbonyl (C=O) groups is 1. The molecule has 1 saturated heterocycles. The van der Waals surface area contributed by atoms with E-state index in [1.165, 1.54) is 5.56 Å². The quantitative estimate of drug-likeness (QED) is 0.330. The highest BCUT2D eigenvalue weighted by molar-refractivity contribution is 5.85. The minimum absolute atomic E-state index is 0.0110. The first kappa shape index (κ1) is 24.0. The van der Waals surface area contributed by atoms with E-state index < -0.39 is 0 Å². The minimum Gasteiger partial charge on any atom is -0.497 e. The topological polar surface area (TPSA) is 75.6 Å². The number of aliphatic imine (C=N–C) groups is 1. The first-order chi connectivity index (χ1) is 14.5. The standard InChI is InChI=1S/C22H36N4O4/c1-25(2)21(27)15-24-22(23-11-9-18-5-7-20(29-4)8-6-18)26-12-10-19(16-26)17-30-14-13-28-3/h5-8,19H,9-17H2,1-4H3,(H,23,24). The van der Waals surface area contributed by atoms with E-state index in [1.807, 2.05) is 12.1 Å². The Morgan fingerprint density at radius 1 is 1.23 bits per heavy atom. The highest BCUT2D eigenvalue weighted by atomic mass is 16.5. The van der Waals surface area contributed by atoms with Crippen molar-refractivity contribution in [2.45, 2.75) is 12.8 Å². The maximum Gasteiger partial charge on any atom is 0.243 e. The van der Waals surface area contributed by atoms with Crippen molar-refractivity contribution in [1.29, 1.82) is 0 Å². The van der Waals surface area contributed by atoms with Crippen molar-refractivity contribution in [3.8, 4) is 5.75 Å². The molecule has 1 aliphatic heterocycles. The third-order valence-electron chi connectivity index (χ3n) is 5.09. The van der Waals surface area contributed by atoms with Crippen LogP contribution in [0.4, 0.5) is 0 Å². The van der Waals surface area contributed by atoms with Gasteiger partial charge in [-0.2, -0.15) is 0 Å². The van der Waals surface area contributed by atoms with E-state index in [-0.39, 0.29) is 12.5 Å². The minimum atomic E-state index is -0.0110. The number of rotatable bonds is 11. The average Bonchev–Trinajstić information content (AvgIpc) is 3.22. The number of guanidine groups is 1. The summed E-state index contributed by atoms with van der Waals surface area (Å²) < 4.78 is 15.9. The van der Waals surface area contributed by atoms with Gasteiger partial charge >= 0.3 is 0 Å². The SMILES string of the molecule is COCCOCC1CCN(C(=NCC(=O)N(C)C)NCCc2ccc(OC)cc2)C1. The fourth-order valence-corrected chi connectivity index (χ4v) is 3.22. The van der Waals surface area contributed by atoms with Crippen molar-refractivity contribution in [2.24, 2.45) is 10.9 Å². The van der Waals surface area contributed by atoms with Crippen LogP contribution in [0.1, 0.15) is 12.0 Å². The van der Waals surface area contributed by atoms with Gasteiger partial charge < -0.3 is 29.3 Å². The van der Waals surface area contributed by atoms with Crippen molar-refractivity contribution < 1.29 is 19.0 Å². The van der Waals surface area contributed by atoms with Crippen molar-refractivity contribution in [3.05, 3.63) is 29.8 Å². The third kappa shape index (κ3) is 8.20. The normalized spacial score (nSPS) is 16.6. The van der Waals surface area contributed by atoms with E-state index in [0.717, 1.165) is 50.8 Å². The molecular weight excluding hydrogens is 384 g/mol. The lowest BCUT2D eigenvalue weighted by Gasteiger charge is -2.22. The number of likely N-dealkylation sites (tertiary alicyclic amines) is 1. The predicted molar refractivity (Wildman–Crippen MR) is 118 cm³/mol. The number of nitrogens with zero attached hydrogens (tertiary/aromatic N) is 3. The molecule has 1 atom stereocenters. The van der Waals surface area contributed by atoms with Gasteiger partial charge in [-0.05, 0) is 30.5 Å². The second-order valence-corrected chi connectivity index (χ2v) is 7.62. The van der Waals surface area contributed by atoms with Gasteiger partial charge in [0.2, 0.25) is 5.91 Å². The van der Waals surface area contributed by atoms with Crippen LogP contribution in [0, 0.1) is 5.92 Å². The first-order valence-corrected chi connectivity index (χ1v) is 10.5. The van der Waals surface area contributed by atoms with Crippen molar-refractivity contribution in [3.63, 3.8) is 0 Å². The van der Waals surface area contributed by atoms with E-state index in [1.54, 1.807) is 33.2 Å². The van der Waals surface area contributed by atoms with Crippen LogP contribution >= 0.6 is 0 Å². The lowest BCUT2D eigenvalue weighted by atomic mass is 10.1. The maximum atomic E-state index is 12.0. The van der Waals surface area contributed by atoms with Crippen LogP contribution in [0.2, 0.25) is 0 Å². The summed E-state index contributed by atoms with van der Waals surface area (Å²) in [6.45, 7) is 4.61. The van der Waals surface area contributed by atoms with Crippen LogP contribution in [-0.2, 0) is 20.7 Å². The van der Waals surface area contributed by atoms with E-state index in [0.29, 0.717) is 19.1 Å². The summed E-state index contributed by atoms with van der Waals surface area (Å²) in [7, 11) is 6.84. The molecule has 8 heteroatoms. The largest absolute Gasteiger partial charge is 0.497 e. The van der Waals surface area contributed by atoms with Crippen molar-refractivity contribution in [1.82, 2.24) is 15.1 Å². The van der Waals surface area contributed by atoms with Crippen LogP contribution in [0.25, 0.3) is 0 Å². The van der Waals surface area contributed by atoms with Gasteiger partial charge in [0.25, 0.3) is 0 Å². The number of nitrogens with one attached hydrogen (secondary N) is 1. The molecule has 1 aromatic rings. The van der Waals surface area contributed by atoms with Crippen LogP contribution in [0.3, 0.4) is 0 Å². The summed E-state index contributed by atoms with van der Waals surface area (Å²) >= 11 is 0. The number of amides is 1. The van der Waals surface area contributed by atoms with Crippen molar-refractivity contribution in [2.75, 3.05) is 74.3 Å². The van der Waals surface area contributed by atoms with E-state index in [4.69, 9.17) is 14.2 Å². The smallest absolute Gasteiger partial charge is 0.243 e. The number of methoxy groups -OCH3 is 2. The van der Waals surface area contributed by atoms with E-state index >= 15 is 0 Å². The van der Waals surface area contributed by atoms with Gasteiger partial charge in [0.05, 0.1) is 26.9 Å². The maximum absolute atomic E-state index is 12.0. The Morgan fingerprint density at radius 3 is 2.67 bits per heavy atom. The molecule has 1 heterocycles. The van der Waals surface area contributed by atoms with Gasteiger partial charge in [-0.1, -0.05) is 12.1 Å². The predicted octanol–water partition coefficient (Wildman–Crippen LogP) is 1.26. The molecule has 1 amide bonds. The molecule has 30 heavy (non-hydrogen) atoms. The Bertz CT molecular complexity index is 664. The molecule has 0 spiro atoms. The second kappa shape index (κ2) is 13.1. The summed E-state index contributed by atoms with van der Waals surface area (Å²) in [6, 6.07) is 8.07. The third-order valence-corrected chi connectivity index (χ3v) is 5.09. The molecule has 0 bridgehead atoms. The van der Waals surface area contributed by atoms with Crippen molar-refractivity contribution >= 4 is 11.9 Å². The highest BCUT2D eigenvalue weighted by Crippen LogP contribution is 2.17. The van der Waals surface area contributed by atoms with Crippen LogP contribution in [0.5, 0.6) is 5.75 Å². The number of hydrogen-bond donors (Lipinski definition) is 1. The zero-order chi connectivity index (χ0) is 21.8. The molecule has 8 nitrogen and oxygen atoms in total. The molecule has 0 aromatic heterocycles. The number of carbonyl (C=O) groups excluding carboxylic acids is 1. The lowest BCUT2D eigenvalue weighted by molar-refractivity contribution is -0.127. The molecule has 1 N–H and O–H groups in total. The molecular formula is C22H36N4O4. The zero-order valence-corrected chi connectivity index (χ0v) is 18.7. The van der Waals surface area contributed by atoms with Crippen LogP contribution < -0.4 is 10.1 Å². The molecule has 1 aliphatic rings. The van der Waals surface area contributed by atoms with Crippen LogP contribution in [-0.4, -0.2) is 96.0 Å². The molecule has 1 fully saturated rings. The molecule has 168 valence electrons. The Hall–Kier alpha value is -2.32. The number of benzene rings is 1. The van der Waals surface area contributed by atoms with Gasteiger partial charge in [0, 0.05) is 46.8 Å². The Morgan fingerprint density at radius 2 is 2.00 bits per heavy atom. The van der Waals surface area contributed by atoms with Crippen LogP contribution in [0.15, 0.2) is 29.3 Å². The van der Waals surface area contributed by atoms with E-state index in [9.17, 15) is 4.79 Å². The Labute approximate surface area is 180 Å². The molecule has 0 aliphatic carbocycles. The fourth-order valence-electron chi connectivity index (χ4n) is 3.22. The van der Waals surface area contributed by atoms with Gasteiger partial charge in [0.15, 0.2) is 5.96 Å². The van der Waals surface area contributed by atoms with Gasteiger partial charge in [0.1, 0.15) is 12.3 Å². The second-order valence-electron chi connectivity index (χ2n) is 7.62. The number of likely N-dealkylation sites (N-methyl/N-ethyl adjacent to an activating group) is 1. The highest BCUT2D eigenvalue weighted by Gasteiger charge is 2.25. The zero-order valence-electron chi connectivity index (χ0n) is 18.7. The summed E-state index contributed by atoms with van der Waals surface area (Å²) in [4.78, 5) is 20.4. The average molecular weight is 421 g/mol. The Balaban J connectivity index is 1.89. The molecule has 2 rings (SSSR count). The summed E-state index contributed by atoms with van der Waals surface area (Å²) in [6.07, 6.45) is 1.91. The molecule has 0 radical (unpaired) electrons. The molecule has 1 unspecified atom stereocenters.